The van der Waals surface area contributed by atoms with Crippen molar-refractivity contribution in [3.05, 3.63) is 464 Å². The number of alkyl carbamates (subject to hydrolysis) is 3. The first-order valence-electron chi connectivity index (χ1n) is 47.8. The molecule has 726 valence electrons. The van der Waals surface area contributed by atoms with E-state index < -0.39 is 36.4 Å². The zero-order chi connectivity index (χ0) is 96.8. The van der Waals surface area contributed by atoms with Gasteiger partial charge in [0, 0.05) is 115 Å². The lowest BCUT2D eigenvalue weighted by atomic mass is 9.96. The molecule has 19 rings (SSSR count). The summed E-state index contributed by atoms with van der Waals surface area (Å²) in [5, 5.41) is 9.40. The number of hydrogen-bond acceptors (Lipinski definition) is 17. The van der Waals surface area contributed by atoms with Crippen LogP contribution < -0.4 is 44.6 Å². The molecule has 13 aromatic carbocycles. The zero-order valence-corrected chi connectivity index (χ0v) is 78.0. The van der Waals surface area contributed by atoms with Crippen LogP contribution in [0.5, 0.6) is 0 Å². The van der Waals surface area contributed by atoms with Gasteiger partial charge >= 0.3 is 24.2 Å². The number of Topliss-reactive ketones (excluding diaryl/α,β-unsaturated/α-hetero) is 4. The van der Waals surface area contributed by atoms with Crippen LogP contribution in [-0.4, -0.2) is 101 Å². The van der Waals surface area contributed by atoms with Gasteiger partial charge in [0.1, 0.15) is 26.4 Å². The number of ether oxygens (including phenoxy) is 4. The van der Waals surface area contributed by atoms with E-state index >= 15 is 0 Å². The van der Waals surface area contributed by atoms with Crippen LogP contribution in [0.15, 0.2) is 364 Å². The minimum absolute atomic E-state index is 0. The minimum Gasteiger partial charge on any atom is -0.461 e. The van der Waals surface area contributed by atoms with Gasteiger partial charge in [-0.05, 0) is 146 Å². The summed E-state index contributed by atoms with van der Waals surface area (Å²) in [6, 6.07) is 115. The molecule has 0 spiro atoms. The van der Waals surface area contributed by atoms with E-state index in [4.69, 9.17) is 47.6 Å². The maximum atomic E-state index is 13.4. The highest BCUT2D eigenvalue weighted by Crippen LogP contribution is 2.43. The number of aromatic nitrogens is 1. The highest BCUT2D eigenvalue weighted by atomic mass is 16.6. The number of carbonyl (C=O) groups excluding carboxylic acids is 8. The van der Waals surface area contributed by atoms with E-state index in [9.17, 15) is 38.4 Å². The lowest BCUT2D eigenvalue weighted by molar-refractivity contribution is -0.144. The van der Waals surface area contributed by atoms with Crippen molar-refractivity contribution in [3.8, 4) is 0 Å². The number of H-pyrrole nitrogens is 1. The third-order valence-corrected chi connectivity index (χ3v) is 25.8. The molecule has 21 nitrogen and oxygen atoms in total. The number of ketones is 4. The van der Waals surface area contributed by atoms with E-state index in [1.165, 1.54) is 27.8 Å². The molecule has 21 heteroatoms. The smallest absolute Gasteiger partial charge is 0.408 e. The molecule has 13 unspecified atom stereocenters. The van der Waals surface area contributed by atoms with Gasteiger partial charge < -0.3 is 68.6 Å². The van der Waals surface area contributed by atoms with E-state index in [1.807, 2.05) is 328 Å². The Kier molecular flexibility index (Phi) is 38.0. The second kappa shape index (κ2) is 51.7. The molecule has 0 bridgehead atoms. The molecule has 5 aliphatic carbocycles. The maximum Gasteiger partial charge on any atom is 0.408 e. The van der Waals surface area contributed by atoms with Gasteiger partial charge in [-0.25, -0.2) is 14.4 Å². The first kappa shape index (κ1) is 104. The normalized spacial score (nSPS) is 18.3. The van der Waals surface area contributed by atoms with E-state index in [0.29, 0.717) is 80.4 Å². The number of aromatic amines is 1. The maximum absolute atomic E-state index is 13.4. The molecule has 5 saturated carbocycles. The van der Waals surface area contributed by atoms with E-state index in [-0.39, 0.29) is 101 Å². The largest absolute Gasteiger partial charge is 0.461 e. The first-order chi connectivity index (χ1) is 67.7. The molecule has 3 amide bonds. The second-order valence-electron chi connectivity index (χ2n) is 36.7. The molecule has 1 aromatic heterocycles. The fourth-order valence-corrected chi connectivity index (χ4v) is 16.9. The van der Waals surface area contributed by atoms with E-state index in [2.05, 4.69) is 57.3 Å². The quantitative estimate of drug-likeness (QED) is 0.0100. The fraction of sp³-hybridized carbons (Fsp3) is 0.267. The molecule has 0 saturated heterocycles. The Bertz CT molecular complexity index is 6160. The summed E-state index contributed by atoms with van der Waals surface area (Å²) in [5.74, 6) is 2.12. The van der Waals surface area contributed by atoms with Crippen molar-refractivity contribution in [1.82, 2.24) is 20.9 Å². The van der Waals surface area contributed by atoms with Crippen molar-refractivity contribution >= 4 is 58.3 Å². The van der Waals surface area contributed by atoms with Gasteiger partial charge in [-0.2, -0.15) is 0 Å². The van der Waals surface area contributed by atoms with Crippen LogP contribution in [0.1, 0.15) is 181 Å². The zero-order valence-electron chi connectivity index (χ0n) is 78.0. The predicted octanol–water partition coefficient (Wildman–Crippen LogP) is 19.9. The van der Waals surface area contributed by atoms with Crippen molar-refractivity contribution in [2.45, 2.75) is 203 Å². The van der Waals surface area contributed by atoms with Crippen molar-refractivity contribution in [2.24, 2.45) is 28.7 Å². The number of amides is 3. The summed E-state index contributed by atoms with van der Waals surface area (Å²) in [5.41, 5.74) is 48.9. The number of para-hydroxylation sites is 1. The SMILES string of the molecule is C.C.NC1CC1c1ccc(CC(=O)C(Cc2c[nH]c3ccccc23)NC(=O)OCc2ccccc2)cc1.NC1CC1c1ccc(CC(=O)C(Cc2ccccc2)NC(=O)OCc2ccccc2)cc1.NC1CC1c1ccc(CC(=O)C(Cc2ccccc2)NC(=O)OCc2ccccc2)cc1.NC1CC1c1ccc(CC(=O)OCc2ccccc2)cc1.NC1CC1c1ccc(CC(=O)c2ccccc2)cc1. The van der Waals surface area contributed by atoms with Crippen LogP contribution in [0.3, 0.4) is 0 Å². The molecule has 5 fully saturated rings. The Labute approximate surface area is 827 Å². The minimum atomic E-state index is -0.714. The van der Waals surface area contributed by atoms with Gasteiger partial charge in [0.2, 0.25) is 0 Å². The molecule has 14 N–H and O–H groups in total. The summed E-state index contributed by atoms with van der Waals surface area (Å²) in [6.45, 7) is 0.785. The Morgan fingerprint density at radius 1 is 0.270 bits per heavy atom. The van der Waals surface area contributed by atoms with Crippen LogP contribution in [0, 0.1) is 0 Å². The van der Waals surface area contributed by atoms with Gasteiger partial charge in [0.15, 0.2) is 23.1 Å². The predicted molar refractivity (Wildman–Crippen MR) is 556 cm³/mol. The topological polar surface area (TPSA) is 355 Å². The third-order valence-electron chi connectivity index (χ3n) is 25.8. The average Bonchev–Trinajstić information content (AvgIpc) is 1.68. The number of fused-ring (bicyclic) bond motifs is 1. The molecular weight excluding hydrogens is 1760 g/mol. The molecule has 0 aliphatic heterocycles. The molecule has 141 heavy (non-hydrogen) atoms. The standard InChI is InChI=1S/C29H29N3O3.2C27H28N2O3.C18H19NO2.C17H17NO.2CH4/c30-25-16-24(25)21-12-10-19(11-13-21)14-28(33)27(15-22-17-31-26-9-5-4-8-23(22)26)32-29(34)35-18-20-6-2-1-3-7-20;2*28-24-17-23(24)22-13-11-20(12-14-22)16-26(30)25(15-19-7-3-1-4-8-19)29-27(31)32-18-21-9-5-2-6-10-21;19-17-11-16(17)15-8-6-13(7-9-15)10-18(20)21-12-14-4-2-1-3-5-14;18-16-11-15(16)13-8-6-12(7-9-13)10-17(19)14-4-2-1-3-5-14;;/h1-13,17,24-25,27,31H,14-16,18,30H2,(H,32,34);2*1-14,23-25H,15-18,28H2,(H,29,31);1-9,16-17H,10-12,19H2;1-9,15-16H,10-11,18H2;2*1H4. The molecule has 14 aromatic rings. The highest BCUT2D eigenvalue weighted by Gasteiger charge is 2.39. The summed E-state index contributed by atoms with van der Waals surface area (Å²) < 4.78 is 21.4. The molecule has 1 heterocycles. The van der Waals surface area contributed by atoms with Crippen molar-refractivity contribution in [3.63, 3.8) is 0 Å². The van der Waals surface area contributed by atoms with E-state index in [1.54, 1.807) is 0 Å². The third kappa shape index (κ3) is 32.6. The number of benzene rings is 13. The highest BCUT2D eigenvalue weighted by molar-refractivity contribution is 5.97. The summed E-state index contributed by atoms with van der Waals surface area (Å²) in [4.78, 5) is 104. The number of rotatable bonds is 36. The van der Waals surface area contributed by atoms with Crippen LogP contribution in [0.25, 0.3) is 10.9 Å². The van der Waals surface area contributed by atoms with Gasteiger partial charge in [-0.1, -0.05) is 367 Å². The van der Waals surface area contributed by atoms with Gasteiger partial charge in [-0.3, -0.25) is 24.0 Å². The number of hydrogen-bond donors (Lipinski definition) is 9. The lowest BCUT2D eigenvalue weighted by Gasteiger charge is -2.18. The van der Waals surface area contributed by atoms with E-state index in [0.717, 1.165) is 115 Å². The van der Waals surface area contributed by atoms with Crippen LogP contribution >= 0.6 is 0 Å². The number of esters is 1. The summed E-state index contributed by atoms with van der Waals surface area (Å²) >= 11 is 0. The van der Waals surface area contributed by atoms with Crippen molar-refractivity contribution in [2.75, 3.05) is 0 Å². The van der Waals surface area contributed by atoms with Crippen LogP contribution in [0.2, 0.25) is 0 Å². The molecular formula is C120H129N9O12. The lowest BCUT2D eigenvalue weighted by Crippen LogP contribution is -2.43. The average molecular weight is 1890 g/mol. The number of nitrogens with two attached hydrogens (primary N) is 5. The Morgan fingerprint density at radius 2 is 0.511 bits per heavy atom. The number of carbonyl (C=O) groups is 8. The Hall–Kier alpha value is -14.8. The Balaban J connectivity index is 0.000000150. The monoisotopic (exact) mass is 1890 g/mol. The second-order valence-corrected chi connectivity index (χ2v) is 36.7. The Morgan fingerprint density at radius 3 is 0.801 bits per heavy atom. The van der Waals surface area contributed by atoms with Crippen LogP contribution in [0.4, 0.5) is 14.4 Å². The summed E-state index contributed by atoms with van der Waals surface area (Å²) in [6.07, 6.45) is 7.99. The fourth-order valence-electron chi connectivity index (χ4n) is 16.9. The molecule has 5 aliphatic rings. The number of nitrogens with one attached hydrogen (secondary N) is 4. The van der Waals surface area contributed by atoms with Crippen molar-refractivity contribution in [1.29, 1.82) is 0 Å². The molecule has 13 atom stereocenters. The van der Waals surface area contributed by atoms with Crippen molar-refractivity contribution < 1.29 is 57.3 Å². The van der Waals surface area contributed by atoms with Gasteiger partial charge in [0.25, 0.3) is 0 Å². The van der Waals surface area contributed by atoms with Gasteiger partial charge in [0.05, 0.1) is 24.5 Å². The van der Waals surface area contributed by atoms with Gasteiger partial charge in [-0.15, -0.1) is 0 Å². The summed E-state index contributed by atoms with van der Waals surface area (Å²) in [7, 11) is 0. The molecule has 0 radical (unpaired) electrons. The first-order valence-corrected chi connectivity index (χ1v) is 47.8. The van der Waals surface area contributed by atoms with Crippen LogP contribution in [-0.2, 0) is 116 Å².